The van der Waals surface area contributed by atoms with Crippen molar-refractivity contribution >= 4 is 17.3 Å². The Bertz CT molecular complexity index is 666. The van der Waals surface area contributed by atoms with Crippen LogP contribution in [0.1, 0.15) is 42.6 Å². The second kappa shape index (κ2) is 6.81. The number of carbonyl (C=O) groups excluding carboxylic acids is 1. The van der Waals surface area contributed by atoms with Crippen LogP contribution >= 0.6 is 0 Å². The minimum atomic E-state index is -0.425. The molecule has 0 spiro atoms. The number of amides is 1. The van der Waals surface area contributed by atoms with E-state index in [0.717, 1.165) is 12.8 Å². The molecule has 0 saturated heterocycles. The molecule has 2 aromatic rings. The quantitative estimate of drug-likeness (QED) is 0.931. The highest BCUT2D eigenvalue weighted by molar-refractivity contribution is 6.02. The van der Waals surface area contributed by atoms with Gasteiger partial charge in [-0.1, -0.05) is 24.4 Å². The van der Waals surface area contributed by atoms with Gasteiger partial charge in [0.1, 0.15) is 12.1 Å². The van der Waals surface area contributed by atoms with Crippen LogP contribution in [0.15, 0.2) is 35.1 Å². The molecule has 122 valence electrons. The summed E-state index contributed by atoms with van der Waals surface area (Å²) in [6, 6.07) is 6.59. The Morgan fingerprint density at radius 1 is 1.30 bits per heavy atom. The average molecular weight is 317 g/mol. The number of hydrogen-bond acceptors (Lipinski definition) is 4. The van der Waals surface area contributed by atoms with E-state index in [2.05, 4.69) is 15.0 Å². The molecule has 1 N–H and O–H groups in total. The molecule has 6 heteroatoms. The zero-order valence-electron chi connectivity index (χ0n) is 13.1. The molecule has 1 heterocycles. The highest BCUT2D eigenvalue weighted by Gasteiger charge is 2.21. The molecule has 0 bridgehead atoms. The van der Waals surface area contributed by atoms with Crippen molar-refractivity contribution in [3.63, 3.8) is 0 Å². The first-order chi connectivity index (χ1) is 11.1. The van der Waals surface area contributed by atoms with E-state index in [9.17, 15) is 9.18 Å². The molecule has 1 aliphatic rings. The topological polar surface area (TPSA) is 58.4 Å². The van der Waals surface area contributed by atoms with Gasteiger partial charge in [-0.05, 0) is 31.0 Å². The van der Waals surface area contributed by atoms with Crippen molar-refractivity contribution in [2.24, 2.45) is 0 Å². The Morgan fingerprint density at radius 3 is 2.74 bits per heavy atom. The zero-order valence-corrected chi connectivity index (χ0v) is 13.1. The summed E-state index contributed by atoms with van der Waals surface area (Å²) in [7, 11) is 1.93. The fraction of sp³-hybridized carbons (Fsp3) is 0.412. The number of aromatic nitrogens is 1. The average Bonchev–Trinajstić information content (AvgIpc) is 3.10. The fourth-order valence-corrected chi connectivity index (χ4v) is 3.06. The third kappa shape index (κ3) is 3.52. The molecule has 0 aliphatic heterocycles. The van der Waals surface area contributed by atoms with E-state index in [-0.39, 0.29) is 11.5 Å². The SMILES string of the molecule is CN(c1ccc(NC(=O)c2ccon2)cc1F)C1CCCCC1. The minimum absolute atomic E-state index is 0.161. The van der Waals surface area contributed by atoms with Crippen molar-refractivity contribution in [1.29, 1.82) is 0 Å². The van der Waals surface area contributed by atoms with E-state index in [0.29, 0.717) is 17.4 Å². The van der Waals surface area contributed by atoms with Gasteiger partial charge in [-0.15, -0.1) is 0 Å². The van der Waals surface area contributed by atoms with E-state index in [1.807, 2.05) is 11.9 Å². The summed E-state index contributed by atoms with van der Waals surface area (Å²) < 4.78 is 19.0. The molecular formula is C17H20FN3O2. The maximum absolute atomic E-state index is 14.4. The van der Waals surface area contributed by atoms with Crippen LogP contribution in [0.4, 0.5) is 15.8 Å². The van der Waals surface area contributed by atoms with E-state index in [4.69, 9.17) is 0 Å². The summed E-state index contributed by atoms with van der Waals surface area (Å²) in [5.74, 6) is -0.762. The largest absolute Gasteiger partial charge is 0.369 e. The number of anilines is 2. The summed E-state index contributed by atoms with van der Waals surface area (Å²) in [6.07, 6.45) is 7.17. The highest BCUT2D eigenvalue weighted by Crippen LogP contribution is 2.29. The summed E-state index contributed by atoms with van der Waals surface area (Å²) in [4.78, 5) is 13.9. The van der Waals surface area contributed by atoms with Gasteiger partial charge >= 0.3 is 0 Å². The lowest BCUT2D eigenvalue weighted by molar-refractivity contribution is 0.101. The Balaban J connectivity index is 1.71. The predicted molar refractivity (Wildman–Crippen MR) is 86.1 cm³/mol. The normalized spacial score (nSPS) is 15.4. The summed E-state index contributed by atoms with van der Waals surface area (Å²) in [6.45, 7) is 0. The first-order valence-electron chi connectivity index (χ1n) is 7.89. The second-order valence-corrected chi connectivity index (χ2v) is 5.91. The Hall–Kier alpha value is -2.37. The van der Waals surface area contributed by atoms with Crippen LogP contribution in [0.5, 0.6) is 0 Å². The van der Waals surface area contributed by atoms with E-state index < -0.39 is 5.91 Å². The van der Waals surface area contributed by atoms with Crippen molar-refractivity contribution in [2.75, 3.05) is 17.3 Å². The van der Waals surface area contributed by atoms with Crippen molar-refractivity contribution in [3.05, 3.63) is 42.0 Å². The van der Waals surface area contributed by atoms with Crippen LogP contribution in [0.3, 0.4) is 0 Å². The third-order valence-electron chi connectivity index (χ3n) is 4.38. The molecule has 1 aliphatic carbocycles. The van der Waals surface area contributed by atoms with Crippen molar-refractivity contribution in [2.45, 2.75) is 38.1 Å². The summed E-state index contributed by atoms with van der Waals surface area (Å²) >= 11 is 0. The molecule has 3 rings (SSSR count). The molecule has 1 aromatic heterocycles. The maximum atomic E-state index is 14.4. The summed E-state index contributed by atoms with van der Waals surface area (Å²) in [5, 5.41) is 6.16. The molecule has 1 fully saturated rings. The lowest BCUT2D eigenvalue weighted by atomic mass is 9.94. The molecule has 1 aromatic carbocycles. The van der Waals surface area contributed by atoms with Crippen molar-refractivity contribution < 1.29 is 13.7 Å². The van der Waals surface area contributed by atoms with Crippen LogP contribution in [0.2, 0.25) is 0 Å². The number of hydrogen-bond donors (Lipinski definition) is 1. The molecule has 5 nitrogen and oxygen atoms in total. The smallest absolute Gasteiger partial charge is 0.277 e. The van der Waals surface area contributed by atoms with Crippen LogP contribution in [-0.4, -0.2) is 24.2 Å². The van der Waals surface area contributed by atoms with E-state index >= 15 is 0 Å². The Morgan fingerprint density at radius 2 is 2.09 bits per heavy atom. The van der Waals surface area contributed by atoms with Gasteiger partial charge in [0.25, 0.3) is 5.91 Å². The number of nitrogens with zero attached hydrogens (tertiary/aromatic N) is 2. The predicted octanol–water partition coefficient (Wildman–Crippen LogP) is 3.83. The van der Waals surface area contributed by atoms with Gasteiger partial charge in [0.15, 0.2) is 5.69 Å². The molecule has 1 saturated carbocycles. The van der Waals surface area contributed by atoms with Crippen molar-refractivity contribution in [3.8, 4) is 0 Å². The van der Waals surface area contributed by atoms with Gasteiger partial charge in [-0.2, -0.15) is 0 Å². The Labute approximate surface area is 134 Å². The summed E-state index contributed by atoms with van der Waals surface area (Å²) in [5.41, 5.74) is 1.13. The fourth-order valence-electron chi connectivity index (χ4n) is 3.06. The first-order valence-corrected chi connectivity index (χ1v) is 7.89. The Kier molecular flexibility index (Phi) is 4.60. The number of rotatable bonds is 4. The maximum Gasteiger partial charge on any atom is 0.277 e. The first kappa shape index (κ1) is 15.5. The lowest BCUT2D eigenvalue weighted by Crippen LogP contribution is -2.33. The van der Waals surface area contributed by atoms with Gasteiger partial charge in [-0.3, -0.25) is 4.79 Å². The van der Waals surface area contributed by atoms with Crippen LogP contribution in [-0.2, 0) is 0 Å². The van der Waals surface area contributed by atoms with E-state index in [1.54, 1.807) is 12.1 Å². The molecule has 0 unspecified atom stereocenters. The molecule has 1 amide bonds. The van der Waals surface area contributed by atoms with E-state index in [1.165, 1.54) is 37.7 Å². The highest BCUT2D eigenvalue weighted by atomic mass is 19.1. The number of carbonyl (C=O) groups is 1. The van der Waals surface area contributed by atoms with Crippen molar-refractivity contribution in [1.82, 2.24) is 5.16 Å². The molecule has 0 radical (unpaired) electrons. The number of halogens is 1. The van der Waals surface area contributed by atoms with Crippen LogP contribution in [0.25, 0.3) is 0 Å². The molecule has 23 heavy (non-hydrogen) atoms. The third-order valence-corrected chi connectivity index (χ3v) is 4.38. The van der Waals surface area contributed by atoms with Crippen LogP contribution in [0, 0.1) is 5.82 Å². The van der Waals surface area contributed by atoms with Gasteiger partial charge in [0, 0.05) is 24.8 Å². The molecular weight excluding hydrogens is 297 g/mol. The zero-order chi connectivity index (χ0) is 16.2. The van der Waals surface area contributed by atoms with Gasteiger partial charge in [-0.25, -0.2) is 4.39 Å². The number of nitrogens with one attached hydrogen (secondary N) is 1. The van der Waals surface area contributed by atoms with Crippen LogP contribution < -0.4 is 10.2 Å². The minimum Gasteiger partial charge on any atom is -0.369 e. The molecule has 0 atom stereocenters. The monoisotopic (exact) mass is 317 g/mol. The van der Waals surface area contributed by atoms with Gasteiger partial charge in [0.2, 0.25) is 0 Å². The standard InChI is InChI=1S/C17H20FN3O2/c1-21(13-5-3-2-4-6-13)16-8-7-12(11-14(16)18)19-17(22)15-9-10-23-20-15/h7-11,13H,2-6H2,1H3,(H,19,22). The lowest BCUT2D eigenvalue weighted by Gasteiger charge is -2.33. The van der Waals surface area contributed by atoms with Gasteiger partial charge in [0.05, 0.1) is 5.69 Å². The van der Waals surface area contributed by atoms with Gasteiger partial charge < -0.3 is 14.7 Å². The second-order valence-electron chi connectivity index (χ2n) is 5.91. The number of benzene rings is 1.